The van der Waals surface area contributed by atoms with E-state index < -0.39 is 0 Å². The summed E-state index contributed by atoms with van der Waals surface area (Å²) in [5.41, 5.74) is 1.58. The average molecular weight is 335 g/mol. The Morgan fingerprint density at radius 3 is 2.78 bits per heavy atom. The molecular formula is C13H17BrClNO2. The molecule has 0 unspecified atom stereocenters. The van der Waals surface area contributed by atoms with E-state index in [4.69, 9.17) is 16.3 Å². The largest absolute Gasteiger partial charge is 0.495 e. The summed E-state index contributed by atoms with van der Waals surface area (Å²) in [6, 6.07) is 3.54. The molecular weight excluding hydrogens is 318 g/mol. The fraction of sp³-hybridized carbons (Fsp3) is 0.462. The van der Waals surface area contributed by atoms with Crippen LogP contribution in [0.5, 0.6) is 5.75 Å². The number of aryl methyl sites for hydroxylation is 1. The van der Waals surface area contributed by atoms with Crippen LogP contribution in [0.1, 0.15) is 24.8 Å². The molecule has 0 fully saturated rings. The highest BCUT2D eigenvalue weighted by atomic mass is 79.9. The monoisotopic (exact) mass is 333 g/mol. The van der Waals surface area contributed by atoms with Crippen LogP contribution < -0.4 is 10.1 Å². The number of benzene rings is 1. The molecule has 0 aliphatic carbocycles. The molecule has 0 saturated heterocycles. The first-order valence-electron chi connectivity index (χ1n) is 5.78. The lowest BCUT2D eigenvalue weighted by molar-refractivity contribution is -0.116. The fourth-order valence-electron chi connectivity index (χ4n) is 1.52. The Labute approximate surface area is 121 Å². The van der Waals surface area contributed by atoms with Crippen LogP contribution in [-0.2, 0) is 4.79 Å². The number of unbranched alkanes of at least 4 members (excludes halogenated alkanes) is 1. The van der Waals surface area contributed by atoms with Crippen molar-refractivity contribution >= 4 is 39.1 Å². The van der Waals surface area contributed by atoms with Crippen molar-refractivity contribution in [2.75, 3.05) is 17.8 Å². The number of carbonyl (C=O) groups is 1. The number of hydrogen-bond donors (Lipinski definition) is 1. The lowest BCUT2D eigenvalue weighted by Crippen LogP contribution is -2.12. The Balaban J connectivity index is 2.71. The molecule has 1 rings (SSSR count). The lowest BCUT2D eigenvalue weighted by Gasteiger charge is -2.12. The number of anilines is 1. The second-order valence-corrected chi connectivity index (χ2v) is 5.20. The highest BCUT2D eigenvalue weighted by Gasteiger charge is 2.10. The van der Waals surface area contributed by atoms with Crippen LogP contribution in [0.2, 0.25) is 5.02 Å². The molecule has 5 heteroatoms. The molecule has 0 spiro atoms. The number of nitrogens with one attached hydrogen (secondary N) is 1. The standard InChI is InChI=1S/C13H17BrClNO2/c1-9-7-11(12(18-2)8-10(9)15)16-13(17)5-3-4-6-14/h7-8H,3-6H2,1-2H3,(H,16,17). The molecule has 1 aromatic rings. The molecule has 0 aliphatic heterocycles. The number of carbonyl (C=O) groups excluding carboxylic acids is 1. The van der Waals surface area contributed by atoms with Gasteiger partial charge in [-0.05, 0) is 31.4 Å². The minimum absolute atomic E-state index is 0.00373. The molecule has 0 radical (unpaired) electrons. The third kappa shape index (κ3) is 4.50. The minimum atomic E-state index is -0.00373. The number of halogens is 2. The Morgan fingerprint density at radius 1 is 1.44 bits per heavy atom. The zero-order valence-electron chi connectivity index (χ0n) is 10.6. The van der Waals surface area contributed by atoms with Crippen LogP contribution in [-0.4, -0.2) is 18.3 Å². The Bertz CT molecular complexity index is 424. The molecule has 18 heavy (non-hydrogen) atoms. The first kappa shape index (κ1) is 15.3. The van der Waals surface area contributed by atoms with Crippen molar-refractivity contribution in [3.05, 3.63) is 22.7 Å². The number of amides is 1. The van der Waals surface area contributed by atoms with Gasteiger partial charge in [0.2, 0.25) is 5.91 Å². The van der Waals surface area contributed by atoms with Gasteiger partial charge in [0.25, 0.3) is 0 Å². The van der Waals surface area contributed by atoms with Gasteiger partial charge in [-0.2, -0.15) is 0 Å². The molecule has 3 nitrogen and oxygen atoms in total. The molecule has 1 amide bonds. The van der Waals surface area contributed by atoms with E-state index in [-0.39, 0.29) is 5.91 Å². The normalized spacial score (nSPS) is 10.2. The number of methoxy groups -OCH3 is 1. The molecule has 0 heterocycles. The van der Waals surface area contributed by atoms with Crippen LogP contribution in [0.15, 0.2) is 12.1 Å². The molecule has 0 saturated carbocycles. The van der Waals surface area contributed by atoms with Crippen molar-refractivity contribution in [3.63, 3.8) is 0 Å². The van der Waals surface area contributed by atoms with Crippen molar-refractivity contribution in [3.8, 4) is 5.75 Å². The van der Waals surface area contributed by atoms with Crippen LogP contribution >= 0.6 is 27.5 Å². The fourth-order valence-corrected chi connectivity index (χ4v) is 2.07. The van der Waals surface area contributed by atoms with E-state index >= 15 is 0 Å². The van der Waals surface area contributed by atoms with Gasteiger partial charge in [0.15, 0.2) is 0 Å². The number of rotatable bonds is 6. The number of hydrogen-bond acceptors (Lipinski definition) is 2. The SMILES string of the molecule is COc1cc(Cl)c(C)cc1NC(=O)CCCCBr. The van der Waals surface area contributed by atoms with E-state index in [1.165, 1.54) is 0 Å². The van der Waals surface area contributed by atoms with E-state index in [2.05, 4.69) is 21.2 Å². The highest BCUT2D eigenvalue weighted by Crippen LogP contribution is 2.31. The average Bonchev–Trinajstić information content (AvgIpc) is 2.34. The van der Waals surface area contributed by atoms with Gasteiger partial charge >= 0.3 is 0 Å². The third-order valence-electron chi connectivity index (χ3n) is 2.54. The van der Waals surface area contributed by atoms with E-state index in [1.807, 2.05) is 13.0 Å². The zero-order chi connectivity index (χ0) is 13.5. The second-order valence-electron chi connectivity index (χ2n) is 4.00. The third-order valence-corrected chi connectivity index (χ3v) is 3.51. The summed E-state index contributed by atoms with van der Waals surface area (Å²) in [6.07, 6.45) is 2.37. The number of ether oxygens (including phenoxy) is 1. The van der Waals surface area contributed by atoms with Crippen LogP contribution in [0.25, 0.3) is 0 Å². The first-order chi connectivity index (χ1) is 8.58. The Kier molecular flexibility index (Phi) is 6.50. The summed E-state index contributed by atoms with van der Waals surface area (Å²) >= 11 is 9.35. The summed E-state index contributed by atoms with van der Waals surface area (Å²) in [4.78, 5) is 11.7. The van der Waals surface area contributed by atoms with Gasteiger partial charge in [0, 0.05) is 22.8 Å². The maximum absolute atomic E-state index is 11.7. The van der Waals surface area contributed by atoms with Gasteiger partial charge < -0.3 is 10.1 Å². The zero-order valence-corrected chi connectivity index (χ0v) is 12.9. The van der Waals surface area contributed by atoms with Gasteiger partial charge in [0.1, 0.15) is 5.75 Å². The lowest BCUT2D eigenvalue weighted by atomic mass is 10.2. The Hall–Kier alpha value is -0.740. The van der Waals surface area contributed by atoms with Gasteiger partial charge in [-0.3, -0.25) is 4.79 Å². The van der Waals surface area contributed by atoms with Crippen LogP contribution in [0.3, 0.4) is 0 Å². The van der Waals surface area contributed by atoms with Crippen molar-refractivity contribution < 1.29 is 9.53 Å². The maximum atomic E-state index is 11.7. The van der Waals surface area contributed by atoms with Crippen molar-refractivity contribution in [1.82, 2.24) is 0 Å². The predicted octanol–water partition coefficient (Wildman–Crippen LogP) is 4.16. The first-order valence-corrected chi connectivity index (χ1v) is 7.28. The second kappa shape index (κ2) is 7.64. The van der Waals surface area contributed by atoms with Gasteiger partial charge in [-0.15, -0.1) is 0 Å². The summed E-state index contributed by atoms with van der Waals surface area (Å²) in [5, 5.41) is 4.40. The number of alkyl halides is 1. The van der Waals surface area contributed by atoms with E-state index in [1.54, 1.807) is 13.2 Å². The molecule has 1 N–H and O–H groups in total. The van der Waals surface area contributed by atoms with Crippen molar-refractivity contribution in [1.29, 1.82) is 0 Å². The van der Waals surface area contributed by atoms with Gasteiger partial charge in [-0.25, -0.2) is 0 Å². The van der Waals surface area contributed by atoms with E-state index in [9.17, 15) is 4.79 Å². The molecule has 0 aromatic heterocycles. The minimum Gasteiger partial charge on any atom is -0.495 e. The topological polar surface area (TPSA) is 38.3 Å². The summed E-state index contributed by atoms with van der Waals surface area (Å²) < 4.78 is 5.20. The highest BCUT2D eigenvalue weighted by molar-refractivity contribution is 9.09. The Morgan fingerprint density at radius 2 is 2.17 bits per heavy atom. The smallest absolute Gasteiger partial charge is 0.224 e. The van der Waals surface area contributed by atoms with Gasteiger partial charge in [0.05, 0.1) is 12.8 Å². The summed E-state index contributed by atoms with van der Waals surface area (Å²) in [5.74, 6) is 0.579. The maximum Gasteiger partial charge on any atom is 0.224 e. The summed E-state index contributed by atoms with van der Waals surface area (Å²) in [6.45, 7) is 1.89. The summed E-state index contributed by atoms with van der Waals surface area (Å²) in [7, 11) is 1.56. The molecule has 1 aromatic carbocycles. The molecule has 0 aliphatic rings. The van der Waals surface area contributed by atoms with Crippen LogP contribution in [0, 0.1) is 6.92 Å². The van der Waals surface area contributed by atoms with Crippen molar-refractivity contribution in [2.24, 2.45) is 0 Å². The molecule has 0 atom stereocenters. The van der Waals surface area contributed by atoms with E-state index in [0.717, 1.165) is 23.7 Å². The van der Waals surface area contributed by atoms with Crippen molar-refractivity contribution in [2.45, 2.75) is 26.2 Å². The molecule has 0 bridgehead atoms. The molecule has 100 valence electrons. The van der Waals surface area contributed by atoms with Crippen LogP contribution in [0.4, 0.5) is 5.69 Å². The predicted molar refractivity (Wildman–Crippen MR) is 79.0 cm³/mol. The van der Waals surface area contributed by atoms with Gasteiger partial charge in [-0.1, -0.05) is 27.5 Å². The quantitative estimate of drug-likeness (QED) is 0.626. The van der Waals surface area contributed by atoms with E-state index in [0.29, 0.717) is 22.9 Å².